The lowest BCUT2D eigenvalue weighted by Crippen LogP contribution is -2.31. The molecule has 0 rings (SSSR count). The van der Waals surface area contributed by atoms with Crippen LogP contribution in [0, 0.1) is 0 Å². The Labute approximate surface area is 153 Å². The van der Waals surface area contributed by atoms with Gasteiger partial charge in [-0.15, -0.1) is 0 Å². The summed E-state index contributed by atoms with van der Waals surface area (Å²) < 4.78 is 4.90. The van der Waals surface area contributed by atoms with E-state index >= 15 is 0 Å². The second kappa shape index (κ2) is 13.5. The largest absolute Gasteiger partial charge is 0.463 e. The molecule has 0 radical (unpaired) electrons. The van der Waals surface area contributed by atoms with Gasteiger partial charge in [0, 0.05) is 24.7 Å². The highest BCUT2D eigenvalue weighted by Gasteiger charge is 2.10. The molecule has 0 aromatic heterocycles. The van der Waals surface area contributed by atoms with Crippen LogP contribution in [-0.2, 0) is 14.3 Å². The summed E-state index contributed by atoms with van der Waals surface area (Å²) in [6, 6.07) is 0. The van der Waals surface area contributed by atoms with Gasteiger partial charge in [0.15, 0.2) is 0 Å². The van der Waals surface area contributed by atoms with E-state index in [4.69, 9.17) is 4.74 Å². The van der Waals surface area contributed by atoms with Crippen molar-refractivity contribution in [2.45, 2.75) is 67.2 Å². The first kappa shape index (κ1) is 23.2. The topological polar surface area (TPSA) is 46.6 Å². The zero-order valence-corrected chi connectivity index (χ0v) is 16.9. The van der Waals surface area contributed by atoms with Gasteiger partial charge in [-0.25, -0.2) is 4.79 Å². The number of hydrogen-bond donors (Lipinski definition) is 0. The Morgan fingerprint density at radius 3 is 2.00 bits per heavy atom. The van der Waals surface area contributed by atoms with Crippen LogP contribution in [0.1, 0.15) is 67.2 Å². The quantitative estimate of drug-likeness (QED) is 0.305. The highest BCUT2D eigenvalue weighted by molar-refractivity contribution is 5.92. The minimum Gasteiger partial charge on any atom is -0.463 e. The van der Waals surface area contributed by atoms with Gasteiger partial charge in [0.2, 0.25) is 5.91 Å². The van der Waals surface area contributed by atoms with Gasteiger partial charge in [-0.05, 0) is 67.2 Å². The van der Waals surface area contributed by atoms with E-state index in [-0.39, 0.29) is 11.9 Å². The summed E-state index contributed by atoms with van der Waals surface area (Å²) in [5.41, 5.74) is 3.16. The maximum atomic E-state index is 12.2. The summed E-state index contributed by atoms with van der Waals surface area (Å²) in [5.74, 6) is -0.134. The summed E-state index contributed by atoms with van der Waals surface area (Å²) >= 11 is 0. The second-order valence-electron chi connectivity index (χ2n) is 6.24. The van der Waals surface area contributed by atoms with Crippen LogP contribution in [0.15, 0.2) is 34.9 Å². The van der Waals surface area contributed by atoms with Crippen molar-refractivity contribution in [3.05, 3.63) is 34.9 Å². The first-order valence-corrected chi connectivity index (χ1v) is 9.31. The predicted octanol–water partition coefficient (Wildman–Crippen LogP) is 4.82. The maximum Gasteiger partial charge on any atom is 0.330 e. The lowest BCUT2D eigenvalue weighted by Gasteiger charge is -2.18. The fourth-order valence-corrected chi connectivity index (χ4v) is 2.47. The third-order valence-electron chi connectivity index (χ3n) is 4.06. The molecule has 142 valence electrons. The van der Waals surface area contributed by atoms with E-state index in [0.29, 0.717) is 6.61 Å². The summed E-state index contributed by atoms with van der Waals surface area (Å²) in [6.07, 6.45) is 9.39. The molecule has 1 amide bonds. The van der Waals surface area contributed by atoms with Gasteiger partial charge < -0.3 is 9.64 Å². The summed E-state index contributed by atoms with van der Waals surface area (Å²) in [5, 5.41) is 0. The smallest absolute Gasteiger partial charge is 0.330 e. The zero-order chi connectivity index (χ0) is 19.2. The Bertz CT molecular complexity index is 511. The molecular formula is C21H35NO3. The normalized spacial score (nSPS) is 13.0. The summed E-state index contributed by atoms with van der Waals surface area (Å²) in [7, 11) is 0. The highest BCUT2D eigenvalue weighted by atomic mass is 16.5. The lowest BCUT2D eigenvalue weighted by molar-refractivity contribution is -0.137. The fraction of sp³-hybridized carbons (Fsp3) is 0.619. The minimum absolute atomic E-state index is 0.131. The van der Waals surface area contributed by atoms with Crippen molar-refractivity contribution in [3.63, 3.8) is 0 Å². The number of allylic oxidation sites excluding steroid dienone is 4. The molecular weight excluding hydrogens is 314 g/mol. The van der Waals surface area contributed by atoms with Gasteiger partial charge in [-0.2, -0.15) is 0 Å². The van der Waals surface area contributed by atoms with Crippen LogP contribution < -0.4 is 0 Å². The number of rotatable bonds is 11. The Morgan fingerprint density at radius 1 is 0.880 bits per heavy atom. The molecule has 0 spiro atoms. The van der Waals surface area contributed by atoms with Crippen LogP contribution >= 0.6 is 0 Å². The fourth-order valence-electron chi connectivity index (χ4n) is 2.47. The molecule has 0 aromatic rings. The molecule has 0 heterocycles. The first-order chi connectivity index (χ1) is 11.8. The number of carbonyl (C=O) groups is 2. The molecule has 0 fully saturated rings. The third-order valence-corrected chi connectivity index (χ3v) is 4.06. The first-order valence-electron chi connectivity index (χ1n) is 9.31. The maximum absolute atomic E-state index is 12.2. The molecule has 25 heavy (non-hydrogen) atoms. The van der Waals surface area contributed by atoms with Crippen LogP contribution in [0.25, 0.3) is 0 Å². The van der Waals surface area contributed by atoms with E-state index < -0.39 is 0 Å². The molecule has 0 aromatic carbocycles. The standard InChI is InChI=1S/C21H35NO3/c1-7-22(8-2)21(24)19(6)15-11-13-17(4)12-10-14-18(5)16-20(23)25-9-3/h12,15-16H,7-11,13-14H2,1-6H3. The Morgan fingerprint density at radius 2 is 1.44 bits per heavy atom. The van der Waals surface area contributed by atoms with Gasteiger partial charge in [0.1, 0.15) is 0 Å². The van der Waals surface area contributed by atoms with Gasteiger partial charge in [0.25, 0.3) is 0 Å². The van der Waals surface area contributed by atoms with E-state index in [9.17, 15) is 9.59 Å². The number of likely N-dealkylation sites (N-methyl/N-ethyl adjacent to an activating group) is 1. The van der Waals surface area contributed by atoms with Crippen molar-refractivity contribution in [1.29, 1.82) is 0 Å². The molecule has 4 heteroatoms. The van der Waals surface area contributed by atoms with Crippen molar-refractivity contribution in [3.8, 4) is 0 Å². The minimum atomic E-state index is -0.265. The number of hydrogen-bond acceptors (Lipinski definition) is 3. The number of amides is 1. The summed E-state index contributed by atoms with van der Waals surface area (Å²) in [4.78, 5) is 25.4. The third kappa shape index (κ3) is 10.6. The molecule has 0 saturated carbocycles. The van der Waals surface area contributed by atoms with Crippen LogP contribution in [0.2, 0.25) is 0 Å². The van der Waals surface area contributed by atoms with Crippen LogP contribution in [0.3, 0.4) is 0 Å². The lowest BCUT2D eigenvalue weighted by atomic mass is 10.1. The summed E-state index contributed by atoms with van der Waals surface area (Å²) in [6.45, 7) is 13.7. The molecule has 0 N–H and O–H groups in total. The van der Waals surface area contributed by atoms with Crippen molar-refractivity contribution < 1.29 is 14.3 Å². The van der Waals surface area contributed by atoms with Gasteiger partial charge in [-0.3, -0.25) is 4.79 Å². The number of carbonyl (C=O) groups excluding carboxylic acids is 2. The van der Waals surface area contributed by atoms with E-state index in [0.717, 1.165) is 49.9 Å². The van der Waals surface area contributed by atoms with Crippen LogP contribution in [0.5, 0.6) is 0 Å². The van der Waals surface area contributed by atoms with Gasteiger partial charge >= 0.3 is 5.97 Å². The van der Waals surface area contributed by atoms with E-state index in [1.807, 2.05) is 38.7 Å². The predicted molar refractivity (Wildman–Crippen MR) is 104 cm³/mol. The van der Waals surface area contributed by atoms with E-state index in [1.54, 1.807) is 13.0 Å². The molecule has 0 bridgehead atoms. The number of nitrogens with zero attached hydrogens (tertiary/aromatic N) is 1. The van der Waals surface area contributed by atoms with Gasteiger partial charge in [0.05, 0.1) is 6.61 Å². The molecule has 0 aliphatic heterocycles. The van der Waals surface area contributed by atoms with E-state index in [2.05, 4.69) is 13.0 Å². The molecule has 0 unspecified atom stereocenters. The van der Waals surface area contributed by atoms with Crippen molar-refractivity contribution in [2.24, 2.45) is 0 Å². The average Bonchev–Trinajstić information content (AvgIpc) is 2.55. The number of esters is 1. The number of ether oxygens (including phenoxy) is 1. The molecule has 0 aliphatic rings. The zero-order valence-electron chi connectivity index (χ0n) is 16.9. The highest BCUT2D eigenvalue weighted by Crippen LogP contribution is 2.12. The van der Waals surface area contributed by atoms with Gasteiger partial charge in [-0.1, -0.05) is 23.3 Å². The van der Waals surface area contributed by atoms with Crippen LogP contribution in [0.4, 0.5) is 0 Å². The monoisotopic (exact) mass is 349 g/mol. The Kier molecular flexibility index (Phi) is 12.5. The van der Waals surface area contributed by atoms with Crippen molar-refractivity contribution >= 4 is 11.9 Å². The Balaban J connectivity index is 4.31. The molecule has 0 aliphatic carbocycles. The second-order valence-corrected chi connectivity index (χ2v) is 6.24. The van der Waals surface area contributed by atoms with Crippen LogP contribution in [-0.4, -0.2) is 36.5 Å². The molecule has 0 saturated heterocycles. The van der Waals surface area contributed by atoms with E-state index in [1.165, 1.54) is 5.57 Å². The molecule has 0 atom stereocenters. The molecule has 4 nitrogen and oxygen atoms in total. The average molecular weight is 350 g/mol. The SMILES string of the molecule is CCOC(=O)C=C(C)CCC=C(C)CCC=C(C)C(=O)N(CC)CC. The van der Waals surface area contributed by atoms with Crippen molar-refractivity contribution in [2.75, 3.05) is 19.7 Å². The Hall–Kier alpha value is -1.84. The van der Waals surface area contributed by atoms with Crippen molar-refractivity contribution in [1.82, 2.24) is 4.90 Å².